The molecule has 0 saturated heterocycles. The van der Waals surface area contributed by atoms with Gasteiger partial charge in [0.25, 0.3) is 5.56 Å². The first-order valence-corrected chi connectivity index (χ1v) is 6.71. The van der Waals surface area contributed by atoms with E-state index in [1.807, 2.05) is 0 Å². The minimum atomic E-state index is -0.749. The van der Waals surface area contributed by atoms with Gasteiger partial charge in [0.1, 0.15) is 0 Å². The summed E-state index contributed by atoms with van der Waals surface area (Å²) in [5.41, 5.74) is 0.0786. The van der Waals surface area contributed by atoms with Gasteiger partial charge < -0.3 is 4.74 Å². The van der Waals surface area contributed by atoms with Gasteiger partial charge in [-0.1, -0.05) is 5.21 Å². The van der Waals surface area contributed by atoms with Gasteiger partial charge in [0.05, 0.1) is 36.4 Å². The number of aryl methyl sites for hydroxylation is 1. The van der Waals surface area contributed by atoms with Crippen molar-refractivity contribution in [3.63, 3.8) is 0 Å². The summed E-state index contributed by atoms with van der Waals surface area (Å²) in [6, 6.07) is 3.78. The van der Waals surface area contributed by atoms with Crippen LogP contribution < -0.4 is 5.56 Å². The molecular formula is C14H11FN6O3. The third-order valence-corrected chi connectivity index (χ3v) is 3.25. The Bertz CT molecular complexity index is 981. The second-order valence-corrected chi connectivity index (χ2v) is 4.73. The zero-order valence-electron chi connectivity index (χ0n) is 12.7. The summed E-state index contributed by atoms with van der Waals surface area (Å²) in [6.45, 7) is 0. The van der Waals surface area contributed by atoms with E-state index < -0.39 is 17.5 Å². The molecule has 0 aliphatic rings. The Balaban J connectivity index is 2.16. The van der Waals surface area contributed by atoms with Crippen molar-refractivity contribution in [1.82, 2.24) is 29.8 Å². The lowest BCUT2D eigenvalue weighted by molar-refractivity contribution is 0.0591. The molecule has 0 atom stereocenters. The van der Waals surface area contributed by atoms with E-state index in [2.05, 4.69) is 25.1 Å². The number of aromatic nitrogens is 6. The van der Waals surface area contributed by atoms with Crippen molar-refractivity contribution in [2.45, 2.75) is 0 Å². The molecule has 122 valence electrons. The number of rotatable bonds is 3. The maximum Gasteiger partial charge on any atom is 0.358 e. The highest BCUT2D eigenvalue weighted by atomic mass is 19.1. The number of methoxy groups -OCH3 is 1. The molecule has 0 spiro atoms. The smallest absolute Gasteiger partial charge is 0.358 e. The first-order chi connectivity index (χ1) is 11.5. The Kier molecular flexibility index (Phi) is 3.86. The van der Waals surface area contributed by atoms with Crippen LogP contribution in [0.15, 0.2) is 35.4 Å². The number of nitrogens with zero attached hydrogens (tertiary/aromatic N) is 6. The van der Waals surface area contributed by atoms with E-state index in [1.54, 1.807) is 7.05 Å². The Labute approximate surface area is 134 Å². The van der Waals surface area contributed by atoms with E-state index in [0.717, 1.165) is 16.9 Å². The lowest BCUT2D eigenvalue weighted by atomic mass is 10.2. The van der Waals surface area contributed by atoms with Gasteiger partial charge in [-0.25, -0.2) is 14.5 Å². The fraction of sp³-hybridized carbons (Fsp3) is 0.143. The van der Waals surface area contributed by atoms with E-state index >= 15 is 0 Å². The number of hydrogen-bond acceptors (Lipinski definition) is 7. The van der Waals surface area contributed by atoms with Crippen molar-refractivity contribution in [2.75, 3.05) is 7.11 Å². The van der Waals surface area contributed by atoms with Gasteiger partial charge in [-0.15, -0.1) is 5.10 Å². The highest BCUT2D eigenvalue weighted by Gasteiger charge is 2.15. The number of esters is 1. The van der Waals surface area contributed by atoms with E-state index in [-0.39, 0.29) is 16.9 Å². The van der Waals surface area contributed by atoms with Crippen molar-refractivity contribution in [1.29, 1.82) is 0 Å². The fourth-order valence-electron chi connectivity index (χ4n) is 2.08. The average Bonchev–Trinajstić information content (AvgIpc) is 3.01. The molecule has 10 heteroatoms. The van der Waals surface area contributed by atoms with Crippen LogP contribution in [0.4, 0.5) is 4.39 Å². The monoisotopic (exact) mass is 330 g/mol. The highest BCUT2D eigenvalue weighted by Crippen LogP contribution is 2.21. The van der Waals surface area contributed by atoms with Crippen molar-refractivity contribution < 1.29 is 13.9 Å². The molecule has 3 heterocycles. The molecule has 0 aliphatic carbocycles. The second-order valence-electron chi connectivity index (χ2n) is 4.73. The lowest BCUT2D eigenvalue weighted by Gasteiger charge is -2.08. The maximum atomic E-state index is 14.0. The Hall–Kier alpha value is -3.43. The Morgan fingerprint density at radius 3 is 2.75 bits per heavy atom. The molecule has 0 bridgehead atoms. The third-order valence-electron chi connectivity index (χ3n) is 3.25. The van der Waals surface area contributed by atoms with Crippen LogP contribution in [0, 0.1) is 5.95 Å². The van der Waals surface area contributed by atoms with Crippen LogP contribution in [-0.2, 0) is 11.8 Å². The molecular weight excluding hydrogens is 319 g/mol. The van der Waals surface area contributed by atoms with Gasteiger partial charge in [0.2, 0.25) is 5.95 Å². The lowest BCUT2D eigenvalue weighted by Crippen LogP contribution is -2.23. The van der Waals surface area contributed by atoms with Crippen LogP contribution >= 0.6 is 0 Å². The first-order valence-electron chi connectivity index (χ1n) is 6.71. The molecule has 24 heavy (non-hydrogen) atoms. The fourth-order valence-corrected chi connectivity index (χ4v) is 2.08. The number of carbonyl (C=O) groups excluding carboxylic acids is 1. The summed E-state index contributed by atoms with van der Waals surface area (Å²) in [5.74, 6) is -1.45. The minimum Gasteiger partial charge on any atom is -0.464 e. The summed E-state index contributed by atoms with van der Waals surface area (Å²) < 4.78 is 20.9. The summed E-state index contributed by atoms with van der Waals surface area (Å²) in [7, 11) is 2.79. The number of carbonyl (C=O) groups is 1. The van der Waals surface area contributed by atoms with Crippen LogP contribution in [0.5, 0.6) is 0 Å². The van der Waals surface area contributed by atoms with Gasteiger partial charge in [-0.05, 0) is 12.1 Å². The first kappa shape index (κ1) is 15.5. The van der Waals surface area contributed by atoms with Crippen molar-refractivity contribution in [2.24, 2.45) is 7.05 Å². The minimum absolute atomic E-state index is 0.0647. The van der Waals surface area contributed by atoms with Gasteiger partial charge in [0.15, 0.2) is 5.69 Å². The quantitative estimate of drug-likeness (QED) is 0.504. The van der Waals surface area contributed by atoms with E-state index in [1.165, 1.54) is 30.1 Å². The molecule has 0 N–H and O–H groups in total. The molecule has 3 aromatic heterocycles. The van der Waals surface area contributed by atoms with Crippen molar-refractivity contribution in [3.05, 3.63) is 52.6 Å². The predicted molar refractivity (Wildman–Crippen MR) is 78.9 cm³/mol. The molecule has 0 radical (unpaired) electrons. The standard InChI is InChI=1S/C14H11FN6O3/c1-20-11(7-17-19-20)9-5-8(6-16-13(9)15)21-12(22)4-3-10(18-21)14(23)24-2/h3-7H,1-2H3. The zero-order valence-corrected chi connectivity index (χ0v) is 12.7. The zero-order chi connectivity index (χ0) is 17.3. The summed E-state index contributed by atoms with van der Waals surface area (Å²) >= 11 is 0. The summed E-state index contributed by atoms with van der Waals surface area (Å²) in [5, 5.41) is 11.3. The maximum absolute atomic E-state index is 14.0. The van der Waals surface area contributed by atoms with E-state index in [4.69, 9.17) is 0 Å². The molecule has 0 amide bonds. The van der Waals surface area contributed by atoms with Crippen molar-refractivity contribution in [3.8, 4) is 16.9 Å². The van der Waals surface area contributed by atoms with Crippen LogP contribution in [0.3, 0.4) is 0 Å². The number of hydrogen-bond donors (Lipinski definition) is 0. The largest absolute Gasteiger partial charge is 0.464 e. The van der Waals surface area contributed by atoms with Crippen LogP contribution in [0.25, 0.3) is 16.9 Å². The van der Waals surface area contributed by atoms with Crippen LogP contribution in [-0.4, -0.2) is 42.8 Å². The number of halogens is 1. The van der Waals surface area contributed by atoms with E-state index in [9.17, 15) is 14.0 Å². The van der Waals surface area contributed by atoms with Gasteiger partial charge in [0, 0.05) is 13.1 Å². The molecule has 0 fully saturated rings. The van der Waals surface area contributed by atoms with Crippen LogP contribution in [0.2, 0.25) is 0 Å². The molecule has 0 aliphatic heterocycles. The second kappa shape index (κ2) is 5.99. The summed E-state index contributed by atoms with van der Waals surface area (Å²) in [6.07, 6.45) is 2.50. The number of pyridine rings is 1. The Morgan fingerprint density at radius 2 is 2.08 bits per heavy atom. The van der Waals surface area contributed by atoms with Crippen LogP contribution in [0.1, 0.15) is 10.5 Å². The predicted octanol–water partition coefficient (Wildman–Crippen LogP) is 0.349. The average molecular weight is 330 g/mol. The SMILES string of the molecule is COC(=O)c1ccc(=O)n(-c2cnc(F)c(-c3cnnn3C)c2)n1. The normalized spacial score (nSPS) is 10.6. The molecule has 3 aromatic rings. The molecule has 0 aromatic carbocycles. The molecule has 9 nitrogen and oxygen atoms in total. The van der Waals surface area contributed by atoms with E-state index in [0.29, 0.717) is 5.69 Å². The van der Waals surface area contributed by atoms with Gasteiger partial charge in [-0.3, -0.25) is 4.79 Å². The van der Waals surface area contributed by atoms with Crippen molar-refractivity contribution >= 4 is 5.97 Å². The Morgan fingerprint density at radius 1 is 1.29 bits per heavy atom. The third kappa shape index (κ3) is 2.64. The molecule has 3 rings (SSSR count). The van der Waals surface area contributed by atoms with Gasteiger partial charge in [-0.2, -0.15) is 14.2 Å². The summed E-state index contributed by atoms with van der Waals surface area (Å²) in [4.78, 5) is 27.2. The number of ether oxygens (including phenoxy) is 1. The highest BCUT2D eigenvalue weighted by molar-refractivity contribution is 5.86. The molecule has 0 unspecified atom stereocenters. The van der Waals surface area contributed by atoms with Gasteiger partial charge >= 0.3 is 5.97 Å². The topological polar surface area (TPSA) is 105 Å². The molecule has 0 saturated carbocycles.